The molecule has 1 N–H and O–H groups in total. The maximum Gasteiger partial charge on any atom is 0.0493 e. The minimum absolute atomic E-state index is 0.189. The first-order valence-electron chi connectivity index (χ1n) is 8.52. The molecule has 2 heteroatoms. The van der Waals surface area contributed by atoms with Crippen molar-refractivity contribution in [1.29, 1.82) is 0 Å². The molecule has 0 spiro atoms. The van der Waals surface area contributed by atoms with E-state index < -0.39 is 0 Å². The zero-order valence-electron chi connectivity index (χ0n) is 13.7. The Morgan fingerprint density at radius 3 is 1.79 bits per heavy atom. The van der Waals surface area contributed by atoms with Gasteiger partial charge in [0, 0.05) is 23.7 Å². The van der Waals surface area contributed by atoms with E-state index in [1.807, 2.05) is 0 Å². The van der Waals surface area contributed by atoms with E-state index in [9.17, 15) is 0 Å². The molecule has 0 aromatic heterocycles. The van der Waals surface area contributed by atoms with Crippen molar-refractivity contribution in [2.45, 2.75) is 19.3 Å². The molecule has 0 amide bonds. The number of anilines is 3. The summed E-state index contributed by atoms with van der Waals surface area (Å²) in [6, 6.07) is 25.9. The number of rotatable bonds is 3. The Morgan fingerprint density at radius 1 is 0.708 bits per heavy atom. The molecular weight excluding hydrogens is 294 g/mol. The van der Waals surface area contributed by atoms with Crippen molar-refractivity contribution in [3.05, 3.63) is 89.5 Å². The van der Waals surface area contributed by atoms with Crippen LogP contribution in [0.3, 0.4) is 0 Å². The molecule has 0 unspecified atom stereocenters. The normalized spacial score (nSPS) is 13.1. The van der Waals surface area contributed by atoms with Crippen LogP contribution in [0.5, 0.6) is 0 Å². The van der Waals surface area contributed by atoms with Crippen molar-refractivity contribution < 1.29 is 5.11 Å². The lowest BCUT2D eigenvalue weighted by atomic mass is 10.0. The van der Waals surface area contributed by atoms with Crippen LogP contribution in [0.25, 0.3) is 0 Å². The van der Waals surface area contributed by atoms with E-state index in [4.69, 9.17) is 5.11 Å². The van der Waals surface area contributed by atoms with Gasteiger partial charge in [0.05, 0.1) is 0 Å². The Balaban J connectivity index is 1.86. The summed E-state index contributed by atoms with van der Waals surface area (Å²) in [4.78, 5) is 2.36. The zero-order valence-corrected chi connectivity index (χ0v) is 13.7. The lowest BCUT2D eigenvalue weighted by Gasteiger charge is -2.27. The summed E-state index contributed by atoms with van der Waals surface area (Å²) < 4.78 is 0. The van der Waals surface area contributed by atoms with Gasteiger partial charge < -0.3 is 10.0 Å². The van der Waals surface area contributed by atoms with Crippen LogP contribution in [0.2, 0.25) is 0 Å². The number of aliphatic hydroxyl groups excluding tert-OH is 1. The molecule has 1 aliphatic heterocycles. The summed E-state index contributed by atoms with van der Waals surface area (Å²) in [5, 5.41) is 9.12. The number of aryl methyl sites for hydroxylation is 2. The fourth-order valence-electron chi connectivity index (χ4n) is 3.50. The molecule has 3 aromatic rings. The fraction of sp³-hybridized carbons (Fsp3) is 0.182. The second-order valence-corrected chi connectivity index (χ2v) is 6.23. The van der Waals surface area contributed by atoms with E-state index in [-0.39, 0.29) is 6.61 Å². The lowest BCUT2D eigenvalue weighted by Crippen LogP contribution is -2.11. The summed E-state index contributed by atoms with van der Waals surface area (Å²) in [6.45, 7) is 0.189. The van der Waals surface area contributed by atoms with Gasteiger partial charge in [-0.15, -0.1) is 0 Å². The number of para-hydroxylation sites is 2. The average molecular weight is 315 g/mol. The number of benzene rings is 3. The second-order valence-electron chi connectivity index (χ2n) is 6.23. The molecule has 0 fully saturated rings. The average Bonchev–Trinajstić information content (AvgIpc) is 2.80. The number of nitrogens with zero attached hydrogens (tertiary/aromatic N) is 1. The first-order valence-corrected chi connectivity index (χ1v) is 8.52. The molecule has 0 aliphatic carbocycles. The van der Waals surface area contributed by atoms with Crippen LogP contribution in [-0.2, 0) is 19.3 Å². The summed E-state index contributed by atoms with van der Waals surface area (Å²) in [5.41, 5.74) is 7.62. The third kappa shape index (κ3) is 2.70. The minimum Gasteiger partial charge on any atom is -0.396 e. The molecule has 24 heavy (non-hydrogen) atoms. The molecule has 0 saturated carbocycles. The summed E-state index contributed by atoms with van der Waals surface area (Å²) in [5.74, 6) is 0. The van der Waals surface area contributed by atoms with Gasteiger partial charge in [0.1, 0.15) is 0 Å². The van der Waals surface area contributed by atoms with E-state index in [0.717, 1.165) is 18.4 Å². The maximum atomic E-state index is 9.12. The van der Waals surface area contributed by atoms with Crippen molar-refractivity contribution >= 4 is 17.1 Å². The van der Waals surface area contributed by atoms with Crippen molar-refractivity contribution in [3.8, 4) is 0 Å². The largest absolute Gasteiger partial charge is 0.396 e. The molecule has 0 bridgehead atoms. The Labute approximate surface area is 143 Å². The monoisotopic (exact) mass is 315 g/mol. The molecule has 1 aliphatic rings. The Hall–Kier alpha value is -2.58. The smallest absolute Gasteiger partial charge is 0.0493 e. The van der Waals surface area contributed by atoms with Gasteiger partial charge in [-0.05, 0) is 60.2 Å². The van der Waals surface area contributed by atoms with E-state index in [1.165, 1.54) is 28.2 Å². The highest BCUT2D eigenvalue weighted by Gasteiger charge is 2.21. The zero-order chi connectivity index (χ0) is 16.4. The SMILES string of the molecule is OCCc1ccc(N2c3ccccc3CCc3ccccc32)cc1. The highest BCUT2D eigenvalue weighted by Crippen LogP contribution is 2.41. The molecule has 3 aromatic carbocycles. The molecule has 0 saturated heterocycles. The molecule has 4 rings (SSSR count). The van der Waals surface area contributed by atoms with Gasteiger partial charge in [-0.3, -0.25) is 0 Å². The predicted molar refractivity (Wildman–Crippen MR) is 99.3 cm³/mol. The van der Waals surface area contributed by atoms with Crippen molar-refractivity contribution in [2.24, 2.45) is 0 Å². The van der Waals surface area contributed by atoms with Gasteiger partial charge in [-0.25, -0.2) is 0 Å². The first kappa shape index (κ1) is 15.0. The number of fused-ring (bicyclic) bond motifs is 2. The molecule has 120 valence electrons. The van der Waals surface area contributed by atoms with Crippen LogP contribution in [0, 0.1) is 0 Å². The van der Waals surface area contributed by atoms with Gasteiger partial charge >= 0.3 is 0 Å². The van der Waals surface area contributed by atoms with Crippen molar-refractivity contribution in [1.82, 2.24) is 0 Å². The fourth-order valence-corrected chi connectivity index (χ4v) is 3.50. The van der Waals surface area contributed by atoms with Gasteiger partial charge in [0.15, 0.2) is 0 Å². The molecule has 1 heterocycles. The molecule has 0 radical (unpaired) electrons. The van der Waals surface area contributed by atoms with E-state index in [1.54, 1.807) is 0 Å². The van der Waals surface area contributed by atoms with E-state index >= 15 is 0 Å². The van der Waals surface area contributed by atoms with Crippen molar-refractivity contribution in [3.63, 3.8) is 0 Å². The number of hydrogen-bond donors (Lipinski definition) is 1. The minimum atomic E-state index is 0.189. The standard InChI is InChI=1S/C22H21NO/c24-16-15-17-9-13-20(14-10-17)23-21-7-3-1-5-18(21)11-12-19-6-2-4-8-22(19)23/h1-10,13-14,24H,11-12,15-16H2. The van der Waals surface area contributed by atoms with Gasteiger partial charge in [-0.1, -0.05) is 48.5 Å². The predicted octanol–water partition coefficient (Wildman–Crippen LogP) is 4.79. The van der Waals surface area contributed by atoms with Crippen LogP contribution in [0.1, 0.15) is 16.7 Å². The van der Waals surface area contributed by atoms with Gasteiger partial charge in [-0.2, -0.15) is 0 Å². The third-order valence-corrected chi connectivity index (χ3v) is 4.72. The van der Waals surface area contributed by atoms with Crippen LogP contribution >= 0.6 is 0 Å². The van der Waals surface area contributed by atoms with E-state index in [2.05, 4.69) is 77.7 Å². The molecule has 2 nitrogen and oxygen atoms in total. The molecular formula is C22H21NO. The quantitative estimate of drug-likeness (QED) is 0.751. The number of hydrogen-bond acceptors (Lipinski definition) is 2. The third-order valence-electron chi connectivity index (χ3n) is 4.72. The lowest BCUT2D eigenvalue weighted by molar-refractivity contribution is 0.299. The van der Waals surface area contributed by atoms with Crippen LogP contribution in [0.4, 0.5) is 17.1 Å². The van der Waals surface area contributed by atoms with Crippen LogP contribution < -0.4 is 4.90 Å². The Bertz CT molecular complexity index is 791. The van der Waals surface area contributed by atoms with Crippen LogP contribution in [-0.4, -0.2) is 11.7 Å². The van der Waals surface area contributed by atoms with Crippen LogP contribution in [0.15, 0.2) is 72.8 Å². The van der Waals surface area contributed by atoms with Gasteiger partial charge in [0.25, 0.3) is 0 Å². The molecule has 0 atom stereocenters. The Morgan fingerprint density at radius 2 is 1.25 bits per heavy atom. The van der Waals surface area contributed by atoms with E-state index in [0.29, 0.717) is 6.42 Å². The summed E-state index contributed by atoms with van der Waals surface area (Å²) >= 11 is 0. The first-order chi connectivity index (χ1) is 11.9. The highest BCUT2D eigenvalue weighted by molar-refractivity contribution is 5.81. The topological polar surface area (TPSA) is 23.5 Å². The van der Waals surface area contributed by atoms with Gasteiger partial charge in [0.2, 0.25) is 0 Å². The van der Waals surface area contributed by atoms with Crippen molar-refractivity contribution in [2.75, 3.05) is 11.5 Å². The highest BCUT2D eigenvalue weighted by atomic mass is 16.2. The summed E-state index contributed by atoms with van der Waals surface area (Å²) in [6.07, 6.45) is 2.83. The number of aliphatic hydroxyl groups is 1. The second kappa shape index (κ2) is 6.50. The summed E-state index contributed by atoms with van der Waals surface area (Å²) in [7, 11) is 0. The maximum absolute atomic E-state index is 9.12. The Kier molecular flexibility index (Phi) is 4.06.